The van der Waals surface area contributed by atoms with Crippen LogP contribution in [0.3, 0.4) is 0 Å². The van der Waals surface area contributed by atoms with Crippen LogP contribution in [0, 0.1) is 13.8 Å². The summed E-state index contributed by atoms with van der Waals surface area (Å²) in [7, 11) is 0. The van der Waals surface area contributed by atoms with Crippen LogP contribution in [0.2, 0.25) is 5.82 Å². The fraction of sp³-hybridized carbons (Fsp3) is 0.246. The zero-order valence-corrected chi connectivity index (χ0v) is 46.5. The van der Waals surface area contributed by atoms with Gasteiger partial charge in [0.25, 0.3) is 13.4 Å². The summed E-state index contributed by atoms with van der Waals surface area (Å²) in [6.07, 6.45) is 4.26. The molecule has 9 heteroatoms. The molecule has 0 spiro atoms. The minimum absolute atomic E-state index is 0.0212. The van der Waals surface area contributed by atoms with Gasteiger partial charge in [0.2, 0.25) is 6.71 Å². The number of hydrogen-bond donors (Lipinski definition) is 0. The molecule has 380 valence electrons. The second-order valence-corrected chi connectivity index (χ2v) is 26.5. The largest absolute Gasteiger partial charge is 0.486 e. The lowest BCUT2D eigenvalue weighted by atomic mass is 9.30. The summed E-state index contributed by atoms with van der Waals surface area (Å²) in [5.41, 5.74) is 15.8. The van der Waals surface area contributed by atoms with E-state index in [0.29, 0.717) is 0 Å². The molecule has 0 fully saturated rings. The van der Waals surface area contributed by atoms with Crippen LogP contribution in [0.1, 0.15) is 97.1 Å². The zero-order valence-electron chi connectivity index (χ0n) is 46.5. The fourth-order valence-corrected chi connectivity index (χ4v) is 14.3. The molecular weight excluding hydrogens is 957 g/mol. The van der Waals surface area contributed by atoms with Crippen molar-refractivity contribution < 1.29 is 28.4 Å². The minimum Gasteiger partial charge on any atom is -0.486 e. The number of hydrogen-bond acceptors (Lipinski definition) is 6. The van der Waals surface area contributed by atoms with E-state index in [9.17, 15) is 0 Å². The quantitative estimate of drug-likeness (QED) is 0.111. The van der Waals surface area contributed by atoms with Crippen molar-refractivity contribution in [2.45, 2.75) is 111 Å². The molecule has 6 aliphatic heterocycles. The van der Waals surface area contributed by atoms with Gasteiger partial charge in [-0.25, -0.2) is 0 Å². The molecule has 6 heterocycles. The van der Waals surface area contributed by atoms with Gasteiger partial charge >= 0.3 is 0 Å². The second-order valence-electron chi connectivity index (χ2n) is 26.5. The summed E-state index contributed by atoms with van der Waals surface area (Å²) < 4.78 is 43.4. The van der Waals surface area contributed by atoms with Crippen LogP contribution < -0.4 is 72.1 Å². The molecule has 6 nitrogen and oxygen atoms in total. The third-order valence-corrected chi connectivity index (χ3v) is 18.2. The Morgan fingerprint density at radius 3 is 1.24 bits per heavy atom. The van der Waals surface area contributed by atoms with Gasteiger partial charge in [-0.1, -0.05) is 135 Å². The van der Waals surface area contributed by atoms with Crippen LogP contribution in [0.4, 0.5) is 0 Å². The van der Waals surface area contributed by atoms with Gasteiger partial charge in [0.05, 0.1) is 0 Å². The van der Waals surface area contributed by atoms with E-state index in [4.69, 9.17) is 28.4 Å². The first kappa shape index (κ1) is 46.3. The molecule has 16 rings (SSSR count). The molecule has 0 saturated carbocycles. The van der Waals surface area contributed by atoms with Crippen molar-refractivity contribution in [1.29, 1.82) is 0 Å². The minimum atomic E-state index is -0.265. The van der Waals surface area contributed by atoms with Gasteiger partial charge in [-0.2, -0.15) is 0 Å². The third-order valence-electron chi connectivity index (χ3n) is 18.2. The summed E-state index contributed by atoms with van der Waals surface area (Å²) in [5.74, 6) is 9.54. The summed E-state index contributed by atoms with van der Waals surface area (Å²) in [4.78, 5) is 0. The molecule has 1 aliphatic carbocycles. The number of fused-ring (bicyclic) bond motifs is 21. The van der Waals surface area contributed by atoms with E-state index in [1.54, 1.807) is 0 Å². The van der Waals surface area contributed by atoms with E-state index < -0.39 is 0 Å². The molecule has 0 aromatic heterocycles. The van der Waals surface area contributed by atoms with E-state index in [2.05, 4.69) is 210 Å². The van der Waals surface area contributed by atoms with Crippen LogP contribution >= 0.6 is 0 Å². The van der Waals surface area contributed by atoms with Crippen molar-refractivity contribution in [2.24, 2.45) is 0 Å². The maximum atomic E-state index is 7.63. The summed E-state index contributed by atoms with van der Waals surface area (Å²) >= 11 is 0. The third kappa shape index (κ3) is 6.36. The second kappa shape index (κ2) is 15.3. The maximum absolute atomic E-state index is 7.63. The normalized spacial score (nSPS) is 17.7. The van der Waals surface area contributed by atoms with Crippen molar-refractivity contribution in [3.8, 4) is 57.5 Å². The van der Waals surface area contributed by atoms with E-state index in [0.717, 1.165) is 151 Å². The average Bonchev–Trinajstić information content (AvgIpc) is 3.51. The van der Waals surface area contributed by atoms with E-state index in [1.165, 1.54) is 22.2 Å². The first-order chi connectivity index (χ1) is 37.2. The summed E-state index contributed by atoms with van der Waals surface area (Å²) in [6, 6.07) is 43.3. The lowest BCUT2D eigenvalue weighted by Gasteiger charge is -2.44. The van der Waals surface area contributed by atoms with E-state index in [-0.39, 0.29) is 48.3 Å². The van der Waals surface area contributed by atoms with Crippen LogP contribution in [0.25, 0.3) is 32.3 Å². The molecule has 0 N–H and O–H groups in total. The van der Waals surface area contributed by atoms with Crippen LogP contribution in [0.15, 0.2) is 139 Å². The highest BCUT2D eigenvalue weighted by atomic mass is 16.5. The maximum Gasteiger partial charge on any atom is 0.260 e. The predicted molar refractivity (Wildman–Crippen MR) is 322 cm³/mol. The molecule has 9 aromatic rings. The topological polar surface area (TPSA) is 55.4 Å². The monoisotopic (exact) mass is 1020 g/mol. The van der Waals surface area contributed by atoms with Gasteiger partial charge < -0.3 is 28.4 Å². The average molecular weight is 1020 g/mol. The molecule has 0 saturated heterocycles. The van der Waals surface area contributed by atoms with E-state index >= 15 is 0 Å². The van der Waals surface area contributed by atoms with Gasteiger partial charge in [-0.15, -0.1) is 0 Å². The lowest BCUT2D eigenvalue weighted by molar-refractivity contribution is 0.220. The molecule has 0 bridgehead atoms. The Hall–Kier alpha value is -7.77. The molecule has 2 atom stereocenters. The highest BCUT2D eigenvalue weighted by molar-refractivity contribution is 6.99. The van der Waals surface area contributed by atoms with Crippen molar-refractivity contribution >= 4 is 96.2 Å². The molecule has 78 heavy (non-hydrogen) atoms. The standard InChI is InChI=1S/C69H59B3O6/c1-34-25-52-61-55(28-34)76-64-46(70(61)43-19-13-37(67(4,5)6)31-49(43)73-52)22-16-40-58(64)41-17-23-47-65(77-56-29-35(2)26-53-62(56)71(47)44-20-14-38(68(7,8)9)32-50(44)74-53)60(41)42-18-24-48-66(59(40)42)78-57-30-36(3)27-54-63(57)72(48)45-21-15-39(69(10,11)12)33-51(45)75-54/h13-33,55,61H,1-12H3. The Labute approximate surface area is 457 Å². The number of allylic oxidation sites excluding steroid dienone is 2. The highest BCUT2D eigenvalue weighted by Gasteiger charge is 2.51. The number of rotatable bonds is 0. The van der Waals surface area contributed by atoms with Crippen LogP contribution in [-0.4, -0.2) is 26.2 Å². The van der Waals surface area contributed by atoms with Crippen LogP contribution in [0.5, 0.6) is 57.5 Å². The number of aryl methyl sites for hydroxylation is 2. The Balaban J connectivity index is 1.02. The Morgan fingerprint density at radius 2 is 0.782 bits per heavy atom. The van der Waals surface area contributed by atoms with Gasteiger partial charge in [-0.05, 0) is 174 Å². The van der Waals surface area contributed by atoms with Crippen molar-refractivity contribution in [3.63, 3.8) is 0 Å². The highest BCUT2D eigenvalue weighted by Crippen LogP contribution is 2.52. The smallest absolute Gasteiger partial charge is 0.260 e. The first-order valence-electron chi connectivity index (χ1n) is 28.0. The van der Waals surface area contributed by atoms with Crippen molar-refractivity contribution in [2.75, 3.05) is 0 Å². The first-order valence-corrected chi connectivity index (χ1v) is 28.0. The van der Waals surface area contributed by atoms with Crippen molar-refractivity contribution in [1.82, 2.24) is 0 Å². The Morgan fingerprint density at radius 1 is 0.385 bits per heavy atom. The van der Waals surface area contributed by atoms with Gasteiger partial charge in [-0.3, -0.25) is 0 Å². The fourth-order valence-electron chi connectivity index (χ4n) is 14.3. The SMILES string of the molecule is CC1=CC2Oc3c(ccc4c5c6c(ccc5c5c7c(ccc5c34)B3c4ccc(C(C)(C)C)cc4Oc4cc(C)cc(c43)O7)B3c4ccc(C(C)(C)C)cc4Oc4cc(C)cc(c43)O6)B3c4ccc(C(C)(C)C)cc4OC(=C1)C32. The molecule has 2 unspecified atom stereocenters. The summed E-state index contributed by atoms with van der Waals surface area (Å²) in [6.45, 7) is 26.5. The molecular formula is C69H59B3O6. The van der Waals surface area contributed by atoms with Crippen molar-refractivity contribution in [3.05, 3.63) is 167 Å². The van der Waals surface area contributed by atoms with E-state index in [1.807, 2.05) is 0 Å². The Kier molecular flexibility index (Phi) is 9.08. The predicted octanol–water partition coefficient (Wildman–Crippen LogP) is 12.1. The summed E-state index contributed by atoms with van der Waals surface area (Å²) in [5, 5.41) is 6.32. The van der Waals surface area contributed by atoms with Gasteiger partial charge in [0.1, 0.15) is 69.4 Å². The zero-order chi connectivity index (χ0) is 53.4. The lowest BCUT2D eigenvalue weighted by Crippen LogP contribution is -2.58. The van der Waals surface area contributed by atoms with Gasteiger partial charge in [0.15, 0.2) is 0 Å². The number of benzene rings is 9. The molecule has 0 radical (unpaired) electrons. The molecule has 7 aliphatic rings. The Bertz CT molecular complexity index is 4180. The number of ether oxygens (including phenoxy) is 6. The van der Waals surface area contributed by atoms with Gasteiger partial charge in [0, 0.05) is 32.9 Å². The van der Waals surface area contributed by atoms with Crippen LogP contribution in [-0.2, 0) is 16.2 Å². The molecule has 9 aromatic carbocycles. The molecule has 0 amide bonds.